The molecule has 0 bridgehead atoms. The molecule has 1 aromatic heterocycles. The second-order valence-corrected chi connectivity index (χ2v) is 10.1. The van der Waals surface area contributed by atoms with Gasteiger partial charge in [-0.3, -0.25) is 19.6 Å². The van der Waals surface area contributed by atoms with Crippen molar-refractivity contribution < 1.29 is 24.1 Å². The normalized spacial score (nSPS) is 20.5. The van der Waals surface area contributed by atoms with E-state index in [2.05, 4.69) is 10.5 Å². The highest BCUT2D eigenvalue weighted by Crippen LogP contribution is 2.55. The predicted molar refractivity (Wildman–Crippen MR) is 113 cm³/mol. The highest BCUT2D eigenvalue weighted by molar-refractivity contribution is 5.98. The summed E-state index contributed by atoms with van der Waals surface area (Å²) in [5.74, 6) is -0.635. The number of rotatable bonds is 8. The molecule has 3 N–H and O–H groups in total. The van der Waals surface area contributed by atoms with Gasteiger partial charge in [0.1, 0.15) is 11.8 Å². The summed E-state index contributed by atoms with van der Waals surface area (Å²) >= 11 is 0. The number of hydrogen-bond donors (Lipinski definition) is 3. The fourth-order valence-corrected chi connectivity index (χ4v) is 4.23. The molecule has 1 aliphatic carbocycles. The molecule has 2 atom stereocenters. The van der Waals surface area contributed by atoms with E-state index in [0.717, 1.165) is 25.7 Å². The van der Waals surface area contributed by atoms with Crippen molar-refractivity contribution >= 4 is 23.5 Å². The van der Waals surface area contributed by atoms with Gasteiger partial charge in [-0.15, -0.1) is 0 Å². The molecule has 1 spiro atoms. The number of likely N-dealkylation sites (tertiary alicyclic amines) is 1. The lowest BCUT2D eigenvalue weighted by molar-refractivity contribution is -0.143. The van der Waals surface area contributed by atoms with Crippen molar-refractivity contribution in [3.63, 3.8) is 0 Å². The maximum Gasteiger partial charge on any atom is 0.248 e. The van der Waals surface area contributed by atoms with Crippen molar-refractivity contribution in [1.29, 1.82) is 0 Å². The third-order valence-electron chi connectivity index (χ3n) is 6.36. The van der Waals surface area contributed by atoms with Crippen LogP contribution < -0.4 is 10.8 Å². The molecule has 1 saturated heterocycles. The average molecular weight is 435 g/mol. The van der Waals surface area contributed by atoms with Gasteiger partial charge in [0.05, 0.1) is 0 Å². The molecule has 1 aromatic rings. The first-order valence-corrected chi connectivity index (χ1v) is 11.1. The van der Waals surface area contributed by atoms with Crippen molar-refractivity contribution in [3.05, 3.63) is 11.8 Å². The largest absolute Gasteiger partial charge is 0.359 e. The van der Waals surface area contributed by atoms with Crippen LogP contribution in [-0.2, 0) is 19.8 Å². The minimum absolute atomic E-state index is 0.00655. The maximum absolute atomic E-state index is 13.4. The molecule has 9 heteroatoms. The number of hydrogen-bond acceptors (Lipinski definition) is 6. The van der Waals surface area contributed by atoms with E-state index in [0.29, 0.717) is 31.0 Å². The van der Waals surface area contributed by atoms with Gasteiger partial charge in [0, 0.05) is 30.4 Å². The molecule has 9 nitrogen and oxygen atoms in total. The predicted octanol–water partition coefficient (Wildman–Crippen LogP) is 2.99. The van der Waals surface area contributed by atoms with Crippen LogP contribution >= 0.6 is 0 Å². The van der Waals surface area contributed by atoms with Crippen molar-refractivity contribution in [1.82, 2.24) is 15.5 Å². The SMILES string of the molecule is CCCCC(CC(=O)NO)C(=O)N1CC2(CC2)CC1C(=O)Nc1cc(C(C)(C)C)on1. The van der Waals surface area contributed by atoms with Crippen LogP contribution in [0.25, 0.3) is 0 Å². The van der Waals surface area contributed by atoms with Crippen molar-refractivity contribution in [2.24, 2.45) is 11.3 Å². The Balaban J connectivity index is 1.74. The van der Waals surface area contributed by atoms with Crippen LogP contribution in [-0.4, -0.2) is 45.6 Å². The van der Waals surface area contributed by atoms with Gasteiger partial charge in [-0.05, 0) is 31.1 Å². The summed E-state index contributed by atoms with van der Waals surface area (Å²) in [6.07, 6.45) is 4.73. The van der Waals surface area contributed by atoms with E-state index in [-0.39, 0.29) is 29.1 Å². The molecule has 2 aliphatic rings. The third kappa shape index (κ3) is 5.44. The summed E-state index contributed by atoms with van der Waals surface area (Å²) in [5, 5.41) is 15.7. The number of carbonyl (C=O) groups excluding carboxylic acids is 3. The van der Waals surface area contributed by atoms with E-state index in [1.165, 1.54) is 0 Å². The molecule has 172 valence electrons. The zero-order chi connectivity index (χ0) is 22.8. The highest BCUT2D eigenvalue weighted by atomic mass is 16.5. The number of hydroxylamine groups is 1. The Morgan fingerprint density at radius 3 is 2.61 bits per heavy atom. The number of unbranched alkanes of at least 4 members (excludes halogenated alkanes) is 1. The maximum atomic E-state index is 13.4. The zero-order valence-corrected chi connectivity index (χ0v) is 18.9. The van der Waals surface area contributed by atoms with Crippen LogP contribution in [0.4, 0.5) is 5.82 Å². The Labute approximate surface area is 182 Å². The van der Waals surface area contributed by atoms with Gasteiger partial charge in [0.15, 0.2) is 5.82 Å². The topological polar surface area (TPSA) is 125 Å². The molecule has 3 rings (SSSR count). The molecule has 0 radical (unpaired) electrons. The Bertz CT molecular complexity index is 824. The van der Waals surface area contributed by atoms with Gasteiger partial charge in [-0.2, -0.15) is 0 Å². The molecule has 1 saturated carbocycles. The highest BCUT2D eigenvalue weighted by Gasteiger charge is 2.55. The first-order chi connectivity index (χ1) is 14.6. The lowest BCUT2D eigenvalue weighted by Gasteiger charge is -2.28. The molecular weight excluding hydrogens is 400 g/mol. The molecule has 1 aliphatic heterocycles. The fourth-order valence-electron chi connectivity index (χ4n) is 4.23. The molecule has 2 fully saturated rings. The number of nitrogens with zero attached hydrogens (tertiary/aromatic N) is 2. The molecule has 2 heterocycles. The minimum Gasteiger partial charge on any atom is -0.359 e. The second kappa shape index (κ2) is 8.98. The first kappa shape index (κ1) is 23.2. The lowest BCUT2D eigenvalue weighted by atomic mass is 9.93. The van der Waals surface area contributed by atoms with Crippen LogP contribution in [0.2, 0.25) is 0 Å². The average Bonchev–Trinajstić information content (AvgIpc) is 3.12. The van der Waals surface area contributed by atoms with E-state index in [1.54, 1.807) is 16.4 Å². The third-order valence-corrected chi connectivity index (χ3v) is 6.36. The van der Waals surface area contributed by atoms with Crippen LogP contribution in [0.1, 0.15) is 78.4 Å². The van der Waals surface area contributed by atoms with Crippen molar-refractivity contribution in [2.75, 3.05) is 11.9 Å². The standard InChI is InChI=1S/C22H34N4O5/c1-5-6-7-14(10-18(27)24-30)20(29)26-13-22(8-9-22)12-15(26)19(28)23-17-11-16(31-25-17)21(2,3)4/h11,14-15,30H,5-10,12-13H2,1-4H3,(H,24,27)(H,23,25,28). The van der Waals surface area contributed by atoms with Gasteiger partial charge in [-0.25, -0.2) is 5.48 Å². The van der Waals surface area contributed by atoms with E-state index < -0.39 is 17.9 Å². The number of anilines is 1. The van der Waals surface area contributed by atoms with E-state index in [4.69, 9.17) is 9.73 Å². The van der Waals surface area contributed by atoms with E-state index in [9.17, 15) is 14.4 Å². The Kier molecular flexibility index (Phi) is 6.73. The van der Waals surface area contributed by atoms with Crippen LogP contribution in [0, 0.1) is 11.3 Å². The summed E-state index contributed by atoms with van der Waals surface area (Å²) in [5.41, 5.74) is 1.39. The molecule has 0 aromatic carbocycles. The van der Waals surface area contributed by atoms with Crippen molar-refractivity contribution in [2.45, 2.75) is 84.1 Å². The first-order valence-electron chi connectivity index (χ1n) is 11.1. The van der Waals surface area contributed by atoms with Crippen molar-refractivity contribution in [3.8, 4) is 0 Å². The Morgan fingerprint density at radius 1 is 1.35 bits per heavy atom. The number of aromatic nitrogens is 1. The number of amides is 3. The van der Waals surface area contributed by atoms with E-state index >= 15 is 0 Å². The summed E-state index contributed by atoms with van der Waals surface area (Å²) in [7, 11) is 0. The summed E-state index contributed by atoms with van der Waals surface area (Å²) in [6, 6.07) is 1.10. The Hall–Kier alpha value is -2.42. The van der Waals surface area contributed by atoms with Gasteiger partial charge in [0.2, 0.25) is 17.7 Å². The molecular formula is C22H34N4O5. The zero-order valence-electron chi connectivity index (χ0n) is 18.9. The van der Waals surface area contributed by atoms with Gasteiger partial charge < -0.3 is 14.7 Å². The summed E-state index contributed by atoms with van der Waals surface area (Å²) in [4.78, 5) is 39.9. The summed E-state index contributed by atoms with van der Waals surface area (Å²) < 4.78 is 5.35. The fraction of sp³-hybridized carbons (Fsp3) is 0.727. The smallest absolute Gasteiger partial charge is 0.248 e. The molecule has 2 unspecified atom stereocenters. The number of carbonyl (C=O) groups is 3. The quantitative estimate of drug-likeness (QED) is 0.427. The monoisotopic (exact) mass is 434 g/mol. The van der Waals surface area contributed by atoms with Gasteiger partial charge in [0.25, 0.3) is 0 Å². The lowest BCUT2D eigenvalue weighted by Crippen LogP contribution is -2.46. The van der Waals surface area contributed by atoms with Crippen LogP contribution in [0.15, 0.2) is 10.6 Å². The second-order valence-electron chi connectivity index (χ2n) is 10.1. The molecule has 31 heavy (non-hydrogen) atoms. The summed E-state index contributed by atoms with van der Waals surface area (Å²) in [6.45, 7) is 8.52. The Morgan fingerprint density at radius 2 is 2.06 bits per heavy atom. The van der Waals surface area contributed by atoms with Crippen LogP contribution in [0.3, 0.4) is 0 Å². The van der Waals surface area contributed by atoms with Gasteiger partial charge >= 0.3 is 0 Å². The molecule has 3 amide bonds. The van der Waals surface area contributed by atoms with Gasteiger partial charge in [-0.1, -0.05) is 45.7 Å². The van der Waals surface area contributed by atoms with E-state index in [1.807, 2.05) is 27.7 Å². The van der Waals surface area contributed by atoms with Crippen LogP contribution in [0.5, 0.6) is 0 Å². The minimum atomic E-state index is -0.605. The number of nitrogens with one attached hydrogen (secondary N) is 2.